The predicted molar refractivity (Wildman–Crippen MR) is 72.5 cm³/mol. The molecule has 3 nitrogen and oxygen atoms in total. The van der Waals surface area contributed by atoms with Crippen LogP contribution in [-0.4, -0.2) is 27.4 Å². The number of allylic oxidation sites excluding steroid dienone is 1. The van der Waals surface area contributed by atoms with Crippen LogP contribution in [0.4, 0.5) is 0 Å². The van der Waals surface area contributed by atoms with Crippen LogP contribution in [0.2, 0.25) is 13.1 Å². The highest BCUT2D eigenvalue weighted by atomic mass is 31.2. The first-order valence-electron chi connectivity index (χ1n) is 5.58. The third-order valence-electron chi connectivity index (χ3n) is 2.05. The van der Waals surface area contributed by atoms with Gasteiger partial charge in [0, 0.05) is 0 Å². The maximum atomic E-state index is 12.1. The second-order valence-electron chi connectivity index (χ2n) is 4.06. The van der Waals surface area contributed by atoms with E-state index in [1.807, 2.05) is 25.6 Å². The lowest BCUT2D eigenvalue weighted by Crippen LogP contribution is -2.18. The third-order valence-corrected chi connectivity index (χ3v) is 6.16. The fourth-order valence-corrected chi connectivity index (χ4v) is 3.59. The lowest BCUT2D eigenvalue weighted by molar-refractivity contribution is 0.222. The van der Waals surface area contributed by atoms with Gasteiger partial charge in [-0.15, -0.1) is 6.58 Å². The molecular formula is C11H23O3PSi. The van der Waals surface area contributed by atoms with Gasteiger partial charge in [-0.3, -0.25) is 4.57 Å². The van der Waals surface area contributed by atoms with Gasteiger partial charge in [-0.25, -0.2) is 0 Å². The predicted octanol–water partition coefficient (Wildman–Crippen LogP) is 3.78. The summed E-state index contributed by atoms with van der Waals surface area (Å²) in [5.41, 5.74) is 4.08. The van der Waals surface area contributed by atoms with Crippen LogP contribution in [0.5, 0.6) is 0 Å². The molecule has 0 saturated heterocycles. The van der Waals surface area contributed by atoms with Crippen molar-refractivity contribution < 1.29 is 13.6 Å². The zero-order valence-electron chi connectivity index (χ0n) is 10.7. The van der Waals surface area contributed by atoms with Crippen molar-refractivity contribution in [3.05, 3.63) is 24.1 Å². The van der Waals surface area contributed by atoms with Gasteiger partial charge in [-0.1, -0.05) is 30.6 Å². The van der Waals surface area contributed by atoms with Gasteiger partial charge in [-0.2, -0.15) is 0 Å². The molecule has 0 aromatic heterocycles. The van der Waals surface area contributed by atoms with Crippen LogP contribution < -0.4 is 0 Å². The van der Waals surface area contributed by atoms with Crippen LogP contribution >= 0.6 is 7.60 Å². The Labute approximate surface area is 100 Å². The number of rotatable bonds is 8. The molecule has 0 aliphatic rings. The Kier molecular flexibility index (Phi) is 7.16. The van der Waals surface area contributed by atoms with Crippen molar-refractivity contribution in [1.29, 1.82) is 0 Å². The molecule has 0 bridgehead atoms. The molecule has 94 valence electrons. The fraction of sp³-hybridized carbons (Fsp3) is 0.636. The van der Waals surface area contributed by atoms with Crippen molar-refractivity contribution in [2.45, 2.75) is 26.9 Å². The van der Waals surface area contributed by atoms with Crippen molar-refractivity contribution in [1.82, 2.24) is 0 Å². The largest absolute Gasteiger partial charge is 0.334 e. The van der Waals surface area contributed by atoms with Gasteiger partial charge in [0.1, 0.15) is 0 Å². The molecule has 0 atom stereocenters. The monoisotopic (exact) mass is 262 g/mol. The van der Waals surface area contributed by atoms with Gasteiger partial charge >= 0.3 is 7.60 Å². The molecule has 0 rings (SSSR count). The molecule has 16 heavy (non-hydrogen) atoms. The minimum absolute atomic E-state index is 0.346. The smallest absolute Gasteiger partial charge is 0.309 e. The van der Waals surface area contributed by atoms with E-state index in [-0.39, 0.29) is 0 Å². The first kappa shape index (κ1) is 15.8. The first-order chi connectivity index (χ1) is 7.39. The van der Waals surface area contributed by atoms with Crippen molar-refractivity contribution in [2.75, 3.05) is 19.4 Å². The van der Waals surface area contributed by atoms with Crippen LogP contribution in [0.15, 0.2) is 24.1 Å². The molecule has 0 saturated carbocycles. The Hall–Kier alpha value is -0.153. The summed E-state index contributed by atoms with van der Waals surface area (Å²) in [6, 6.07) is 0. The van der Waals surface area contributed by atoms with Crippen molar-refractivity contribution >= 4 is 15.7 Å². The molecule has 0 aliphatic heterocycles. The standard InChI is InChI=1S/C11H23O3PSi/c1-6-13-15(12,14-7-2)10-9-11-16(4,5)8-3/h8-9,11H,3,6-7,10H2,1-2,4-5H3/b11-9+. The maximum Gasteiger partial charge on any atom is 0.334 e. The lowest BCUT2D eigenvalue weighted by Gasteiger charge is -2.16. The lowest BCUT2D eigenvalue weighted by atomic mass is 10.8. The molecule has 0 spiro atoms. The molecule has 0 aromatic carbocycles. The topological polar surface area (TPSA) is 35.5 Å². The van der Waals surface area contributed by atoms with E-state index in [4.69, 9.17) is 9.05 Å². The average Bonchev–Trinajstić information content (AvgIpc) is 2.18. The van der Waals surface area contributed by atoms with Gasteiger partial charge in [0.05, 0.1) is 27.4 Å². The Morgan fingerprint density at radius 3 is 2.12 bits per heavy atom. The summed E-state index contributed by atoms with van der Waals surface area (Å²) in [6.07, 6.45) is 2.25. The van der Waals surface area contributed by atoms with E-state index in [0.29, 0.717) is 19.4 Å². The van der Waals surface area contributed by atoms with Gasteiger partial charge in [0.2, 0.25) is 0 Å². The van der Waals surface area contributed by atoms with E-state index in [1.54, 1.807) is 0 Å². The average molecular weight is 262 g/mol. The molecule has 0 radical (unpaired) electrons. The van der Waals surface area contributed by atoms with Crippen molar-refractivity contribution in [2.24, 2.45) is 0 Å². The zero-order valence-corrected chi connectivity index (χ0v) is 12.6. The maximum absolute atomic E-state index is 12.1. The summed E-state index contributed by atoms with van der Waals surface area (Å²) in [5.74, 6) is 0. The minimum Gasteiger partial charge on any atom is -0.309 e. The summed E-state index contributed by atoms with van der Waals surface area (Å²) in [7, 11) is -4.39. The summed E-state index contributed by atoms with van der Waals surface area (Å²) in [4.78, 5) is 0. The second-order valence-corrected chi connectivity index (χ2v) is 10.5. The van der Waals surface area contributed by atoms with Gasteiger partial charge < -0.3 is 9.05 Å². The van der Waals surface area contributed by atoms with E-state index in [1.165, 1.54) is 0 Å². The highest BCUT2D eigenvalue weighted by molar-refractivity contribution is 7.54. The summed E-state index contributed by atoms with van der Waals surface area (Å²) in [6.45, 7) is 12.6. The highest BCUT2D eigenvalue weighted by Gasteiger charge is 2.21. The third kappa shape index (κ3) is 6.43. The van der Waals surface area contributed by atoms with Gasteiger partial charge in [0.15, 0.2) is 0 Å². The van der Waals surface area contributed by atoms with Crippen LogP contribution in [0.25, 0.3) is 0 Å². The zero-order chi connectivity index (χ0) is 12.7. The van der Waals surface area contributed by atoms with Crippen LogP contribution in [0, 0.1) is 0 Å². The Morgan fingerprint density at radius 1 is 1.25 bits per heavy atom. The molecule has 0 aromatic rings. The van der Waals surface area contributed by atoms with Crippen molar-refractivity contribution in [3.8, 4) is 0 Å². The van der Waals surface area contributed by atoms with Crippen molar-refractivity contribution in [3.63, 3.8) is 0 Å². The van der Waals surface area contributed by atoms with E-state index >= 15 is 0 Å². The Bertz CT molecular complexity index is 277. The SMILES string of the molecule is C=C[Si](C)(C)/C=C/CP(=O)(OCC)OCC. The number of hydrogen-bond donors (Lipinski definition) is 0. The molecule has 0 amide bonds. The van der Waals surface area contributed by atoms with Gasteiger partial charge in [0.25, 0.3) is 0 Å². The quantitative estimate of drug-likeness (QED) is 0.493. The molecule has 0 unspecified atom stereocenters. The molecule has 0 N–H and O–H groups in total. The summed E-state index contributed by atoms with van der Waals surface area (Å²) < 4.78 is 22.5. The normalized spacial score (nSPS) is 13.2. The van der Waals surface area contributed by atoms with Crippen LogP contribution in [0.3, 0.4) is 0 Å². The summed E-state index contributed by atoms with van der Waals surface area (Å²) in [5, 5.41) is 0. The molecule has 0 aliphatic carbocycles. The van der Waals surface area contributed by atoms with E-state index < -0.39 is 15.7 Å². The van der Waals surface area contributed by atoms with Crippen LogP contribution in [-0.2, 0) is 13.6 Å². The first-order valence-corrected chi connectivity index (χ1v) is 10.5. The Balaban J connectivity index is 4.43. The van der Waals surface area contributed by atoms with Gasteiger partial charge in [-0.05, 0) is 13.8 Å². The van der Waals surface area contributed by atoms with E-state index in [2.05, 4.69) is 25.4 Å². The van der Waals surface area contributed by atoms with Crippen LogP contribution in [0.1, 0.15) is 13.8 Å². The van der Waals surface area contributed by atoms with E-state index in [9.17, 15) is 4.57 Å². The molecule has 0 heterocycles. The van der Waals surface area contributed by atoms with E-state index in [0.717, 1.165) is 0 Å². The summed E-state index contributed by atoms with van der Waals surface area (Å²) >= 11 is 0. The number of hydrogen-bond acceptors (Lipinski definition) is 3. The minimum atomic E-state index is -2.91. The molecular weight excluding hydrogens is 239 g/mol. The highest BCUT2D eigenvalue weighted by Crippen LogP contribution is 2.47. The molecule has 5 heteroatoms. The Morgan fingerprint density at radius 2 is 1.75 bits per heavy atom. The molecule has 0 fully saturated rings. The second kappa shape index (κ2) is 7.23. The fourth-order valence-electron chi connectivity index (χ4n) is 1.09.